The van der Waals surface area contributed by atoms with Gasteiger partial charge in [0.2, 0.25) is 0 Å². The van der Waals surface area contributed by atoms with Crippen molar-refractivity contribution < 1.29 is 5.11 Å². The molecule has 0 saturated carbocycles. The van der Waals surface area contributed by atoms with Gasteiger partial charge in [-0.3, -0.25) is 4.90 Å². The number of unbranched alkanes of at least 4 members (excludes halogenated alkanes) is 7. The Morgan fingerprint density at radius 2 is 1.18 bits per heavy atom. The van der Waals surface area contributed by atoms with E-state index in [4.69, 9.17) is 5.11 Å². The number of nitrogens with zero attached hydrogens (tertiary/aromatic N) is 1. The standard InChI is InChI=1S/C10H23NO.C10H22/c1-9(2)5-6-11(7-8-12)10(3)4;1-3-5-7-9-10-8-6-4-2/h9-10,12H,5-8H2,1-4H3;3-10H2,1-2H3. The molecule has 0 aliphatic heterocycles. The SMILES string of the molecule is CC(C)CCN(CCO)C(C)C.CCCCCCCCCC. The van der Waals surface area contributed by atoms with Gasteiger partial charge in [0.25, 0.3) is 0 Å². The molecule has 0 aromatic carbocycles. The van der Waals surface area contributed by atoms with Gasteiger partial charge in [0.1, 0.15) is 0 Å². The van der Waals surface area contributed by atoms with Crippen LogP contribution in [0.25, 0.3) is 0 Å². The molecular formula is C20H45NO. The van der Waals surface area contributed by atoms with Crippen LogP contribution < -0.4 is 0 Å². The van der Waals surface area contributed by atoms with E-state index in [1.807, 2.05) is 0 Å². The fourth-order valence-corrected chi connectivity index (χ4v) is 2.39. The third-order valence-corrected chi connectivity index (χ3v) is 4.07. The fraction of sp³-hybridized carbons (Fsp3) is 1.00. The molecule has 0 radical (unpaired) electrons. The molecule has 2 heteroatoms. The predicted molar refractivity (Wildman–Crippen MR) is 102 cm³/mol. The van der Waals surface area contributed by atoms with Gasteiger partial charge in [0.15, 0.2) is 0 Å². The Morgan fingerprint density at radius 1 is 0.727 bits per heavy atom. The second-order valence-corrected chi connectivity index (χ2v) is 7.16. The van der Waals surface area contributed by atoms with Crippen molar-refractivity contribution in [2.45, 2.75) is 105 Å². The zero-order chi connectivity index (χ0) is 17.2. The summed E-state index contributed by atoms with van der Waals surface area (Å²) in [7, 11) is 0. The molecule has 0 aromatic heterocycles. The Balaban J connectivity index is 0. The maximum Gasteiger partial charge on any atom is 0.0558 e. The molecule has 0 aromatic rings. The molecule has 0 spiro atoms. The highest BCUT2D eigenvalue weighted by molar-refractivity contribution is 4.62. The molecule has 0 fully saturated rings. The topological polar surface area (TPSA) is 23.5 Å². The summed E-state index contributed by atoms with van der Waals surface area (Å²) in [5, 5.41) is 8.81. The molecular weight excluding hydrogens is 270 g/mol. The lowest BCUT2D eigenvalue weighted by molar-refractivity contribution is 0.159. The van der Waals surface area contributed by atoms with Crippen molar-refractivity contribution in [2.75, 3.05) is 19.7 Å². The summed E-state index contributed by atoms with van der Waals surface area (Å²) in [5.74, 6) is 0.755. The van der Waals surface area contributed by atoms with Crippen LogP contribution >= 0.6 is 0 Å². The summed E-state index contributed by atoms with van der Waals surface area (Å²) in [6, 6.07) is 0.552. The number of aliphatic hydroxyl groups excluding tert-OH is 1. The van der Waals surface area contributed by atoms with Crippen LogP contribution in [0.5, 0.6) is 0 Å². The molecule has 0 aliphatic rings. The largest absolute Gasteiger partial charge is 0.395 e. The summed E-state index contributed by atoms with van der Waals surface area (Å²) in [6.07, 6.45) is 12.7. The number of rotatable bonds is 13. The van der Waals surface area contributed by atoms with Crippen molar-refractivity contribution in [1.29, 1.82) is 0 Å². The Hall–Kier alpha value is -0.0800. The van der Waals surface area contributed by atoms with Gasteiger partial charge in [0.05, 0.1) is 6.61 Å². The molecule has 0 rings (SSSR count). The highest BCUT2D eigenvalue weighted by Gasteiger charge is 2.08. The van der Waals surface area contributed by atoms with Gasteiger partial charge >= 0.3 is 0 Å². The van der Waals surface area contributed by atoms with Crippen LogP contribution in [0.4, 0.5) is 0 Å². The highest BCUT2D eigenvalue weighted by Crippen LogP contribution is 2.07. The molecule has 136 valence electrons. The van der Waals surface area contributed by atoms with Gasteiger partial charge in [-0.1, -0.05) is 79.1 Å². The Bertz CT molecular complexity index is 184. The van der Waals surface area contributed by atoms with E-state index in [0.29, 0.717) is 6.04 Å². The van der Waals surface area contributed by atoms with Crippen molar-refractivity contribution >= 4 is 0 Å². The number of hydrogen-bond acceptors (Lipinski definition) is 2. The van der Waals surface area contributed by atoms with Gasteiger partial charge < -0.3 is 5.11 Å². The highest BCUT2D eigenvalue weighted by atomic mass is 16.3. The van der Waals surface area contributed by atoms with E-state index in [0.717, 1.165) is 19.0 Å². The molecule has 0 saturated heterocycles. The van der Waals surface area contributed by atoms with E-state index in [1.165, 1.54) is 57.8 Å². The molecule has 0 amide bonds. The molecule has 0 heterocycles. The molecule has 22 heavy (non-hydrogen) atoms. The Kier molecular flexibility index (Phi) is 20.8. The van der Waals surface area contributed by atoms with Crippen LogP contribution in [-0.2, 0) is 0 Å². The summed E-state index contributed by atoms with van der Waals surface area (Å²) in [6.45, 7) is 15.6. The zero-order valence-electron chi connectivity index (χ0n) is 16.5. The van der Waals surface area contributed by atoms with Crippen LogP contribution in [0.2, 0.25) is 0 Å². The van der Waals surface area contributed by atoms with E-state index in [2.05, 4.69) is 46.4 Å². The molecule has 0 atom stereocenters. The molecule has 0 bridgehead atoms. The van der Waals surface area contributed by atoms with Gasteiger partial charge in [-0.2, -0.15) is 0 Å². The Morgan fingerprint density at radius 3 is 1.50 bits per heavy atom. The maximum atomic E-state index is 8.81. The normalized spacial score (nSPS) is 11.2. The van der Waals surface area contributed by atoms with Crippen LogP contribution in [0.3, 0.4) is 0 Å². The van der Waals surface area contributed by atoms with Crippen LogP contribution in [0.15, 0.2) is 0 Å². The minimum atomic E-state index is 0.274. The molecule has 0 unspecified atom stereocenters. The van der Waals surface area contributed by atoms with Crippen molar-refractivity contribution in [3.8, 4) is 0 Å². The van der Waals surface area contributed by atoms with Crippen LogP contribution in [0.1, 0.15) is 99.3 Å². The van der Waals surface area contributed by atoms with Crippen LogP contribution in [0, 0.1) is 5.92 Å². The van der Waals surface area contributed by atoms with Gasteiger partial charge in [-0.25, -0.2) is 0 Å². The summed E-state index contributed by atoms with van der Waals surface area (Å²) >= 11 is 0. The first-order chi connectivity index (χ1) is 10.5. The van der Waals surface area contributed by atoms with Crippen molar-refractivity contribution in [1.82, 2.24) is 4.90 Å². The van der Waals surface area contributed by atoms with Crippen molar-refractivity contribution in [2.24, 2.45) is 5.92 Å². The average molecular weight is 316 g/mol. The average Bonchev–Trinajstić information content (AvgIpc) is 2.47. The molecule has 2 nitrogen and oxygen atoms in total. The van der Waals surface area contributed by atoms with Crippen LogP contribution in [-0.4, -0.2) is 35.7 Å². The lowest BCUT2D eigenvalue weighted by atomic mass is 10.1. The lowest BCUT2D eigenvalue weighted by Gasteiger charge is -2.26. The van der Waals surface area contributed by atoms with E-state index in [9.17, 15) is 0 Å². The van der Waals surface area contributed by atoms with E-state index < -0.39 is 0 Å². The van der Waals surface area contributed by atoms with Crippen molar-refractivity contribution in [3.63, 3.8) is 0 Å². The van der Waals surface area contributed by atoms with Gasteiger partial charge in [-0.05, 0) is 32.7 Å². The molecule has 1 N–H and O–H groups in total. The van der Waals surface area contributed by atoms with E-state index in [1.54, 1.807) is 0 Å². The minimum absolute atomic E-state index is 0.274. The maximum absolute atomic E-state index is 8.81. The second-order valence-electron chi connectivity index (χ2n) is 7.16. The lowest BCUT2D eigenvalue weighted by Crippen LogP contribution is -2.34. The van der Waals surface area contributed by atoms with E-state index >= 15 is 0 Å². The first kappa shape index (κ1) is 24.2. The third kappa shape index (κ3) is 19.9. The Labute approximate surface area is 141 Å². The second kappa shape index (κ2) is 19.0. The predicted octanol–water partition coefficient (Wildman–Crippen LogP) is 5.88. The van der Waals surface area contributed by atoms with Crippen molar-refractivity contribution in [3.05, 3.63) is 0 Å². The van der Waals surface area contributed by atoms with E-state index in [-0.39, 0.29) is 6.61 Å². The smallest absolute Gasteiger partial charge is 0.0558 e. The van der Waals surface area contributed by atoms with Gasteiger partial charge in [0, 0.05) is 12.6 Å². The fourth-order valence-electron chi connectivity index (χ4n) is 2.39. The summed E-state index contributed by atoms with van der Waals surface area (Å²) in [4.78, 5) is 2.32. The van der Waals surface area contributed by atoms with Gasteiger partial charge in [-0.15, -0.1) is 0 Å². The first-order valence-corrected chi connectivity index (χ1v) is 9.84. The third-order valence-electron chi connectivity index (χ3n) is 4.07. The quantitative estimate of drug-likeness (QED) is 0.429. The monoisotopic (exact) mass is 315 g/mol. The summed E-state index contributed by atoms with van der Waals surface area (Å²) < 4.78 is 0. The zero-order valence-corrected chi connectivity index (χ0v) is 16.5. The number of hydrogen-bond donors (Lipinski definition) is 1. The molecule has 0 aliphatic carbocycles. The number of aliphatic hydroxyl groups is 1. The minimum Gasteiger partial charge on any atom is -0.395 e. The summed E-state index contributed by atoms with van der Waals surface area (Å²) in [5.41, 5.74) is 0. The first-order valence-electron chi connectivity index (χ1n) is 9.84.